The van der Waals surface area contributed by atoms with Crippen LogP contribution >= 0.6 is 11.8 Å². The average molecular weight is 382 g/mol. The van der Waals surface area contributed by atoms with Crippen molar-refractivity contribution in [2.45, 2.75) is 43.1 Å². The van der Waals surface area contributed by atoms with Crippen LogP contribution in [-0.2, 0) is 17.1 Å². The lowest BCUT2D eigenvalue weighted by molar-refractivity contribution is -0.118. The van der Waals surface area contributed by atoms with Crippen LogP contribution in [0.5, 0.6) is 0 Å². The molecule has 0 saturated carbocycles. The van der Waals surface area contributed by atoms with Gasteiger partial charge in [-0.2, -0.15) is 0 Å². The summed E-state index contributed by atoms with van der Waals surface area (Å²) >= 11 is 1.54. The van der Waals surface area contributed by atoms with Gasteiger partial charge in [0.1, 0.15) is 0 Å². The zero-order valence-electron chi connectivity index (χ0n) is 15.0. The van der Waals surface area contributed by atoms with Gasteiger partial charge >= 0.3 is 0 Å². The molecule has 0 aliphatic heterocycles. The lowest BCUT2D eigenvalue weighted by Gasteiger charge is -2.13. The van der Waals surface area contributed by atoms with Crippen LogP contribution in [0.3, 0.4) is 0 Å². The molecule has 2 heterocycles. The summed E-state index contributed by atoms with van der Waals surface area (Å²) in [5.41, 5.74) is 6.95. The van der Waals surface area contributed by atoms with E-state index in [1.165, 1.54) is 11.8 Å². The molecule has 0 aliphatic rings. The molecule has 6 nitrogen and oxygen atoms in total. The molecule has 2 N–H and O–H groups in total. The second-order valence-electron chi connectivity index (χ2n) is 6.30. The van der Waals surface area contributed by atoms with Crippen LogP contribution in [0.4, 0.5) is 0 Å². The van der Waals surface area contributed by atoms with Crippen LogP contribution in [0.15, 0.2) is 58.7 Å². The molecule has 140 valence electrons. The van der Waals surface area contributed by atoms with E-state index in [9.17, 15) is 9.59 Å². The predicted octanol–water partition coefficient (Wildman–Crippen LogP) is 3.13. The van der Waals surface area contributed by atoms with Crippen molar-refractivity contribution < 1.29 is 4.79 Å². The number of carbonyl (C=O) groups is 1. The number of primary amides is 1. The third-order valence-corrected chi connectivity index (χ3v) is 5.27. The summed E-state index contributed by atoms with van der Waals surface area (Å²) in [6.45, 7) is 0.574. The Morgan fingerprint density at radius 2 is 1.96 bits per heavy atom. The molecule has 0 saturated heterocycles. The minimum Gasteiger partial charge on any atom is -0.370 e. The molecule has 0 fully saturated rings. The summed E-state index contributed by atoms with van der Waals surface area (Å²) in [6.07, 6.45) is 6.32. The number of nitrogens with zero attached hydrogens (tertiary/aromatic N) is 3. The van der Waals surface area contributed by atoms with Gasteiger partial charge < -0.3 is 5.73 Å². The first-order valence-corrected chi connectivity index (χ1v) is 9.93. The van der Waals surface area contributed by atoms with E-state index < -0.39 is 0 Å². The molecular formula is C20H22N4O2S. The fraction of sp³-hybridized carbons (Fsp3) is 0.300. The Kier molecular flexibility index (Phi) is 6.59. The SMILES string of the molecule is NC(=O)CCCCCn1c(SCc2cccnc2)nc2ccccc2c1=O. The Labute approximate surface area is 161 Å². The summed E-state index contributed by atoms with van der Waals surface area (Å²) in [4.78, 5) is 32.7. The highest BCUT2D eigenvalue weighted by Gasteiger charge is 2.11. The van der Waals surface area contributed by atoms with Crippen molar-refractivity contribution in [3.8, 4) is 0 Å². The maximum absolute atomic E-state index is 13.0. The Bertz CT molecular complexity index is 973. The number of fused-ring (bicyclic) bond motifs is 1. The van der Waals surface area contributed by atoms with E-state index in [0.717, 1.165) is 24.8 Å². The van der Waals surface area contributed by atoms with Crippen LogP contribution in [0.1, 0.15) is 31.2 Å². The van der Waals surface area contributed by atoms with Gasteiger partial charge in [-0.3, -0.25) is 19.1 Å². The summed E-state index contributed by atoms with van der Waals surface area (Å²) in [5.74, 6) is 0.410. The second-order valence-corrected chi connectivity index (χ2v) is 7.24. The zero-order valence-corrected chi connectivity index (χ0v) is 15.8. The topological polar surface area (TPSA) is 90.9 Å². The van der Waals surface area contributed by atoms with E-state index in [4.69, 9.17) is 10.7 Å². The first kappa shape index (κ1) is 19.1. The molecule has 3 aromatic rings. The minimum absolute atomic E-state index is 0.0239. The van der Waals surface area contributed by atoms with Crippen molar-refractivity contribution >= 4 is 28.6 Å². The smallest absolute Gasteiger partial charge is 0.262 e. The second kappa shape index (κ2) is 9.32. The number of benzene rings is 1. The Balaban J connectivity index is 1.80. The highest BCUT2D eigenvalue weighted by atomic mass is 32.2. The quantitative estimate of drug-likeness (QED) is 0.349. The number of para-hydroxylation sites is 1. The number of hydrogen-bond donors (Lipinski definition) is 1. The van der Waals surface area contributed by atoms with Crippen LogP contribution in [0.25, 0.3) is 10.9 Å². The molecular weight excluding hydrogens is 360 g/mol. The molecule has 1 aromatic carbocycles. The van der Waals surface area contributed by atoms with E-state index in [1.807, 2.05) is 42.6 Å². The third kappa shape index (κ3) is 5.17. The standard InChI is InChI=1S/C20H22N4O2S/c21-18(25)10-2-1-5-12-24-19(26)16-8-3-4-9-17(16)23-20(24)27-14-15-7-6-11-22-13-15/h3-4,6-9,11,13H,1-2,5,10,12,14H2,(H2,21,25). The molecule has 1 amide bonds. The molecule has 0 aliphatic carbocycles. The molecule has 0 bridgehead atoms. The number of unbranched alkanes of at least 4 members (excludes halogenated alkanes) is 2. The number of carbonyl (C=O) groups excluding carboxylic acids is 1. The number of thioether (sulfide) groups is 1. The van der Waals surface area contributed by atoms with Gasteiger partial charge in [0.2, 0.25) is 5.91 Å². The molecule has 27 heavy (non-hydrogen) atoms. The number of amides is 1. The van der Waals surface area contributed by atoms with Crippen molar-refractivity contribution in [1.29, 1.82) is 0 Å². The fourth-order valence-corrected chi connectivity index (χ4v) is 3.79. The zero-order chi connectivity index (χ0) is 19.1. The number of pyridine rings is 1. The van der Waals surface area contributed by atoms with E-state index in [0.29, 0.717) is 34.8 Å². The molecule has 7 heteroatoms. The van der Waals surface area contributed by atoms with Crippen molar-refractivity contribution in [2.24, 2.45) is 5.73 Å². The monoisotopic (exact) mass is 382 g/mol. The normalized spacial score (nSPS) is 11.0. The van der Waals surface area contributed by atoms with Gasteiger partial charge in [-0.05, 0) is 36.6 Å². The van der Waals surface area contributed by atoms with Crippen molar-refractivity contribution in [1.82, 2.24) is 14.5 Å². The van der Waals surface area contributed by atoms with Crippen LogP contribution in [-0.4, -0.2) is 20.4 Å². The summed E-state index contributed by atoms with van der Waals surface area (Å²) < 4.78 is 1.74. The van der Waals surface area contributed by atoms with Gasteiger partial charge in [0.25, 0.3) is 5.56 Å². The van der Waals surface area contributed by atoms with Crippen molar-refractivity contribution in [3.05, 3.63) is 64.7 Å². The average Bonchev–Trinajstić information content (AvgIpc) is 2.68. The van der Waals surface area contributed by atoms with Gasteiger partial charge in [-0.15, -0.1) is 0 Å². The first-order chi connectivity index (χ1) is 13.1. The predicted molar refractivity (Wildman–Crippen MR) is 107 cm³/mol. The molecule has 0 unspecified atom stereocenters. The van der Waals surface area contributed by atoms with Crippen molar-refractivity contribution in [2.75, 3.05) is 0 Å². The number of aromatic nitrogens is 3. The fourth-order valence-electron chi connectivity index (χ4n) is 2.83. The first-order valence-electron chi connectivity index (χ1n) is 8.95. The lowest BCUT2D eigenvalue weighted by Crippen LogP contribution is -2.23. The highest BCUT2D eigenvalue weighted by molar-refractivity contribution is 7.98. The Morgan fingerprint density at radius 1 is 1.11 bits per heavy atom. The van der Waals surface area contributed by atoms with Gasteiger partial charge in [-0.1, -0.05) is 36.4 Å². The van der Waals surface area contributed by atoms with Gasteiger partial charge in [0.05, 0.1) is 10.9 Å². The minimum atomic E-state index is -0.285. The van der Waals surface area contributed by atoms with Gasteiger partial charge in [-0.25, -0.2) is 4.98 Å². The lowest BCUT2D eigenvalue weighted by atomic mass is 10.2. The van der Waals surface area contributed by atoms with Crippen LogP contribution < -0.4 is 11.3 Å². The molecule has 0 radical (unpaired) electrons. The van der Waals surface area contributed by atoms with E-state index >= 15 is 0 Å². The summed E-state index contributed by atoms with van der Waals surface area (Å²) in [7, 11) is 0. The third-order valence-electron chi connectivity index (χ3n) is 4.22. The Morgan fingerprint density at radius 3 is 2.74 bits per heavy atom. The van der Waals surface area contributed by atoms with Gasteiger partial charge in [0.15, 0.2) is 5.16 Å². The summed E-state index contributed by atoms with van der Waals surface area (Å²) in [6, 6.07) is 11.3. The maximum Gasteiger partial charge on any atom is 0.262 e. The molecule has 0 atom stereocenters. The maximum atomic E-state index is 13.0. The number of hydrogen-bond acceptors (Lipinski definition) is 5. The van der Waals surface area contributed by atoms with E-state index in [-0.39, 0.29) is 11.5 Å². The van der Waals surface area contributed by atoms with Gasteiger partial charge in [0, 0.05) is 31.1 Å². The highest BCUT2D eigenvalue weighted by Crippen LogP contribution is 2.22. The Hall–Kier alpha value is -2.67. The van der Waals surface area contributed by atoms with Crippen LogP contribution in [0, 0.1) is 0 Å². The molecule has 2 aromatic heterocycles. The van der Waals surface area contributed by atoms with Crippen molar-refractivity contribution in [3.63, 3.8) is 0 Å². The van der Waals surface area contributed by atoms with E-state index in [1.54, 1.807) is 10.8 Å². The number of nitrogens with two attached hydrogens (primary N) is 1. The van der Waals surface area contributed by atoms with Crippen LogP contribution in [0.2, 0.25) is 0 Å². The number of rotatable bonds is 9. The van der Waals surface area contributed by atoms with E-state index in [2.05, 4.69) is 4.98 Å². The largest absolute Gasteiger partial charge is 0.370 e. The summed E-state index contributed by atoms with van der Waals surface area (Å²) in [5, 5.41) is 1.33. The molecule has 3 rings (SSSR count). The molecule has 0 spiro atoms.